The third-order valence-electron chi connectivity index (χ3n) is 2.79. The van der Waals surface area contributed by atoms with E-state index in [2.05, 4.69) is 10.1 Å². The molecule has 0 aromatic rings. The number of alkyl carbamates (subject to hydrolysis) is 1. The first-order chi connectivity index (χ1) is 9.19. The maximum absolute atomic E-state index is 11.4. The quantitative estimate of drug-likeness (QED) is 0.833. The molecule has 2 atom stereocenters. The van der Waals surface area contributed by atoms with Gasteiger partial charge in [-0.3, -0.25) is 4.79 Å². The fraction of sp³-hybridized carbons (Fsp3) is 0.857. The van der Waals surface area contributed by atoms with Crippen LogP contribution in [0, 0.1) is 5.92 Å². The molecule has 0 radical (unpaired) electrons. The summed E-state index contributed by atoms with van der Waals surface area (Å²) in [5, 5.41) is 11.5. The molecule has 0 bridgehead atoms. The lowest BCUT2D eigenvalue weighted by molar-refractivity contribution is -0.141. The van der Waals surface area contributed by atoms with E-state index in [1.165, 1.54) is 0 Å². The van der Waals surface area contributed by atoms with Crippen LogP contribution in [-0.4, -0.2) is 42.5 Å². The summed E-state index contributed by atoms with van der Waals surface area (Å²) in [5.74, 6) is -1.12. The van der Waals surface area contributed by atoms with Crippen molar-refractivity contribution in [2.45, 2.75) is 58.6 Å². The van der Waals surface area contributed by atoms with E-state index in [9.17, 15) is 9.59 Å². The summed E-state index contributed by atoms with van der Waals surface area (Å²) >= 11 is 0. The summed E-state index contributed by atoms with van der Waals surface area (Å²) in [6.45, 7) is 8.16. The number of hydrogen-bond donors (Lipinski definition) is 2. The largest absolute Gasteiger partial charge is 0.481 e. The second-order valence-corrected chi connectivity index (χ2v) is 5.77. The molecule has 0 heterocycles. The molecule has 1 aliphatic rings. The minimum Gasteiger partial charge on any atom is -0.481 e. The lowest BCUT2D eigenvalue weighted by Gasteiger charge is -2.21. The van der Waals surface area contributed by atoms with E-state index < -0.39 is 17.7 Å². The zero-order valence-electron chi connectivity index (χ0n) is 13.1. The number of ether oxygens (including phenoxy) is 2. The number of aliphatic carboxylic acids is 1. The SMILES string of the molecule is CC(C)(C)OC(=O)NC1CCC(C(=O)O)C1.CCOC. The van der Waals surface area contributed by atoms with Gasteiger partial charge in [0.25, 0.3) is 0 Å². The molecule has 1 aliphatic carbocycles. The molecule has 1 amide bonds. The standard InChI is InChI=1S/C11H19NO4.C3H8O/c1-11(2,3)16-10(15)12-8-5-4-7(6-8)9(13)14;1-3-4-2/h7-8H,4-6H2,1-3H3,(H,12,15)(H,13,14);3H2,1-2H3. The minimum atomic E-state index is -0.784. The van der Waals surface area contributed by atoms with Gasteiger partial charge in [0.2, 0.25) is 0 Å². The van der Waals surface area contributed by atoms with Crippen molar-refractivity contribution in [2.24, 2.45) is 5.92 Å². The third kappa shape index (κ3) is 8.74. The summed E-state index contributed by atoms with van der Waals surface area (Å²) in [4.78, 5) is 22.1. The molecule has 118 valence electrons. The van der Waals surface area contributed by atoms with E-state index in [4.69, 9.17) is 9.84 Å². The minimum absolute atomic E-state index is 0.0732. The van der Waals surface area contributed by atoms with E-state index >= 15 is 0 Å². The number of carbonyl (C=O) groups excluding carboxylic acids is 1. The van der Waals surface area contributed by atoms with Crippen LogP contribution in [0.1, 0.15) is 47.0 Å². The summed E-state index contributed by atoms with van der Waals surface area (Å²) < 4.78 is 9.64. The summed E-state index contributed by atoms with van der Waals surface area (Å²) in [7, 11) is 1.68. The summed E-state index contributed by atoms with van der Waals surface area (Å²) in [6, 6.07) is -0.0732. The van der Waals surface area contributed by atoms with Crippen LogP contribution in [0.2, 0.25) is 0 Å². The zero-order valence-corrected chi connectivity index (χ0v) is 13.1. The number of hydrogen-bond acceptors (Lipinski definition) is 4. The highest BCUT2D eigenvalue weighted by Crippen LogP contribution is 2.25. The monoisotopic (exact) mass is 289 g/mol. The van der Waals surface area contributed by atoms with Gasteiger partial charge in [0, 0.05) is 19.8 Å². The fourth-order valence-electron chi connectivity index (χ4n) is 1.81. The van der Waals surface area contributed by atoms with Crippen LogP contribution in [0.3, 0.4) is 0 Å². The predicted octanol–water partition coefficient (Wildman–Crippen LogP) is 2.42. The van der Waals surface area contributed by atoms with Crippen molar-refractivity contribution in [1.29, 1.82) is 0 Å². The first-order valence-electron chi connectivity index (χ1n) is 6.90. The number of carbonyl (C=O) groups is 2. The fourth-order valence-corrected chi connectivity index (χ4v) is 1.81. The number of nitrogens with one attached hydrogen (secondary N) is 1. The van der Waals surface area contributed by atoms with Gasteiger partial charge in [0.1, 0.15) is 5.60 Å². The van der Waals surface area contributed by atoms with Gasteiger partial charge in [-0.25, -0.2) is 4.79 Å². The summed E-state index contributed by atoms with van der Waals surface area (Å²) in [5.41, 5.74) is -0.519. The van der Waals surface area contributed by atoms with E-state index in [1.54, 1.807) is 27.9 Å². The second kappa shape index (κ2) is 8.79. The average molecular weight is 289 g/mol. The van der Waals surface area contributed by atoms with E-state index in [0.29, 0.717) is 19.3 Å². The Morgan fingerprint density at radius 2 is 1.85 bits per heavy atom. The smallest absolute Gasteiger partial charge is 0.407 e. The van der Waals surface area contributed by atoms with Crippen molar-refractivity contribution in [3.8, 4) is 0 Å². The molecule has 20 heavy (non-hydrogen) atoms. The highest BCUT2D eigenvalue weighted by Gasteiger charge is 2.31. The van der Waals surface area contributed by atoms with Crippen LogP contribution in [0.5, 0.6) is 0 Å². The first-order valence-corrected chi connectivity index (χ1v) is 6.90. The van der Waals surface area contributed by atoms with Gasteiger partial charge in [-0.05, 0) is 47.0 Å². The first kappa shape index (κ1) is 18.7. The topological polar surface area (TPSA) is 84.9 Å². The number of rotatable bonds is 3. The Bertz CT molecular complexity index is 309. The van der Waals surface area contributed by atoms with Gasteiger partial charge in [0.15, 0.2) is 0 Å². The van der Waals surface area contributed by atoms with Crippen LogP contribution < -0.4 is 5.32 Å². The van der Waals surface area contributed by atoms with Crippen molar-refractivity contribution in [3.63, 3.8) is 0 Å². The normalized spacial score (nSPS) is 21.6. The van der Waals surface area contributed by atoms with Crippen molar-refractivity contribution in [2.75, 3.05) is 13.7 Å². The predicted molar refractivity (Wildman–Crippen MR) is 75.7 cm³/mol. The Labute approximate surface area is 120 Å². The Hall–Kier alpha value is -1.30. The average Bonchev–Trinajstić information content (AvgIpc) is 2.75. The van der Waals surface area contributed by atoms with Crippen molar-refractivity contribution >= 4 is 12.1 Å². The molecule has 0 aliphatic heterocycles. The number of carboxylic acid groups (broad SMARTS) is 1. The molecule has 2 unspecified atom stereocenters. The summed E-state index contributed by atoms with van der Waals surface area (Å²) in [6.07, 6.45) is 1.35. The molecule has 6 heteroatoms. The molecule has 0 aromatic heterocycles. The highest BCUT2D eigenvalue weighted by molar-refractivity contribution is 5.71. The lowest BCUT2D eigenvalue weighted by Crippen LogP contribution is -2.38. The number of methoxy groups -OCH3 is 1. The van der Waals surface area contributed by atoms with Gasteiger partial charge in [-0.1, -0.05) is 0 Å². The van der Waals surface area contributed by atoms with Crippen molar-refractivity contribution in [1.82, 2.24) is 5.32 Å². The van der Waals surface area contributed by atoms with Crippen LogP contribution in [0.15, 0.2) is 0 Å². The number of carboxylic acids is 1. The molecule has 1 rings (SSSR count). The molecular formula is C14H27NO5. The van der Waals surface area contributed by atoms with Gasteiger partial charge >= 0.3 is 12.1 Å². The Morgan fingerprint density at radius 1 is 1.30 bits per heavy atom. The molecule has 0 spiro atoms. The molecule has 6 nitrogen and oxygen atoms in total. The van der Waals surface area contributed by atoms with Gasteiger partial charge < -0.3 is 19.9 Å². The lowest BCUT2D eigenvalue weighted by atomic mass is 10.1. The molecule has 0 saturated heterocycles. The maximum atomic E-state index is 11.4. The maximum Gasteiger partial charge on any atom is 0.407 e. The van der Waals surface area contributed by atoms with Gasteiger partial charge in [-0.15, -0.1) is 0 Å². The molecule has 1 saturated carbocycles. The molecule has 0 aromatic carbocycles. The Kier molecular flexibility index (Phi) is 8.22. The second-order valence-electron chi connectivity index (χ2n) is 5.77. The van der Waals surface area contributed by atoms with Crippen molar-refractivity contribution < 1.29 is 24.2 Å². The number of amides is 1. The highest BCUT2D eigenvalue weighted by atomic mass is 16.6. The van der Waals surface area contributed by atoms with E-state index in [1.807, 2.05) is 6.92 Å². The van der Waals surface area contributed by atoms with Gasteiger partial charge in [0.05, 0.1) is 5.92 Å². The van der Waals surface area contributed by atoms with Crippen molar-refractivity contribution in [3.05, 3.63) is 0 Å². The Balaban J connectivity index is 0.000000796. The third-order valence-corrected chi connectivity index (χ3v) is 2.79. The van der Waals surface area contributed by atoms with Gasteiger partial charge in [-0.2, -0.15) is 0 Å². The van der Waals surface area contributed by atoms with Crippen LogP contribution in [0.25, 0.3) is 0 Å². The molecule has 1 fully saturated rings. The Morgan fingerprint density at radius 3 is 2.20 bits per heavy atom. The van der Waals surface area contributed by atoms with Crippen LogP contribution in [0.4, 0.5) is 4.79 Å². The molecular weight excluding hydrogens is 262 g/mol. The van der Waals surface area contributed by atoms with E-state index in [0.717, 1.165) is 6.61 Å². The van der Waals surface area contributed by atoms with E-state index in [-0.39, 0.29) is 12.0 Å². The van der Waals surface area contributed by atoms with Crippen LogP contribution >= 0.6 is 0 Å². The molecule has 2 N–H and O–H groups in total. The zero-order chi connectivity index (χ0) is 15.8. The van der Waals surface area contributed by atoms with Crippen LogP contribution in [-0.2, 0) is 14.3 Å².